The van der Waals surface area contributed by atoms with Crippen LogP contribution in [0.15, 0.2) is 6.07 Å². The summed E-state index contributed by atoms with van der Waals surface area (Å²) in [6, 6.07) is 0.591. The highest BCUT2D eigenvalue weighted by molar-refractivity contribution is 5.89. The second-order valence-corrected chi connectivity index (χ2v) is 4.13. The minimum absolute atomic E-state index is 0.0523. The van der Waals surface area contributed by atoms with Crippen LogP contribution in [-0.2, 0) is 0 Å². The first-order chi connectivity index (χ1) is 7.63. The van der Waals surface area contributed by atoms with Crippen molar-refractivity contribution in [2.45, 2.75) is 39.4 Å². The Labute approximate surface area is 96.9 Å². The molecule has 1 heterocycles. The third kappa shape index (κ3) is 3.01. The maximum absolute atomic E-state index is 12.3. The van der Waals surface area contributed by atoms with Crippen molar-refractivity contribution in [2.75, 3.05) is 0 Å². The van der Waals surface area contributed by atoms with Gasteiger partial charge in [0, 0.05) is 17.4 Å². The van der Waals surface area contributed by atoms with Crippen LogP contribution >= 0.6 is 0 Å². The molecule has 1 aromatic rings. The van der Waals surface area contributed by atoms with E-state index in [1.54, 1.807) is 6.92 Å². The number of carboxylic acid groups (broad SMARTS) is 1. The molecule has 17 heavy (non-hydrogen) atoms. The zero-order valence-corrected chi connectivity index (χ0v) is 9.80. The van der Waals surface area contributed by atoms with E-state index in [0.717, 1.165) is 0 Å². The van der Waals surface area contributed by atoms with Crippen molar-refractivity contribution >= 4 is 5.97 Å². The number of aromatic nitrogens is 1. The lowest BCUT2D eigenvalue weighted by Gasteiger charge is -2.19. The molecule has 1 rings (SSSR count). The first-order valence-corrected chi connectivity index (χ1v) is 5.12. The fourth-order valence-corrected chi connectivity index (χ4v) is 2.10. The molecule has 0 amide bonds. The van der Waals surface area contributed by atoms with E-state index in [-0.39, 0.29) is 5.56 Å². The van der Waals surface area contributed by atoms with Crippen molar-refractivity contribution in [3.8, 4) is 0 Å². The first kappa shape index (κ1) is 13.6. The molecule has 96 valence electrons. The Morgan fingerprint density at radius 3 is 2.35 bits per heavy atom. The lowest BCUT2D eigenvalue weighted by Crippen LogP contribution is -2.18. The minimum atomic E-state index is -4.26. The number of aromatic carboxylic acids is 1. The number of carbonyl (C=O) groups is 1. The standard InChI is InChI=1S/C11H14F3NO2/c1-6-4-9(10(16)17)8(3)15(6)7(2)5-11(12,13)14/h4,7H,5H2,1-3H3,(H,16,17). The molecular weight excluding hydrogens is 235 g/mol. The maximum Gasteiger partial charge on any atom is 0.391 e. The molecular formula is C11H14F3NO2. The number of rotatable bonds is 3. The Bertz CT molecular complexity index is 435. The highest BCUT2D eigenvalue weighted by Crippen LogP contribution is 2.30. The van der Waals surface area contributed by atoms with E-state index in [9.17, 15) is 18.0 Å². The summed E-state index contributed by atoms with van der Waals surface area (Å²) in [5.41, 5.74) is 0.930. The fraction of sp³-hybridized carbons (Fsp3) is 0.545. The van der Waals surface area contributed by atoms with Crippen molar-refractivity contribution in [3.05, 3.63) is 23.0 Å². The van der Waals surface area contributed by atoms with Crippen LogP contribution in [0.2, 0.25) is 0 Å². The maximum atomic E-state index is 12.3. The lowest BCUT2D eigenvalue weighted by atomic mass is 10.2. The number of carboxylic acids is 1. The topological polar surface area (TPSA) is 42.2 Å². The molecule has 0 fully saturated rings. The van der Waals surface area contributed by atoms with Gasteiger partial charge in [-0.2, -0.15) is 13.2 Å². The van der Waals surface area contributed by atoms with E-state index in [1.165, 1.54) is 24.5 Å². The number of aryl methyl sites for hydroxylation is 1. The smallest absolute Gasteiger partial charge is 0.391 e. The van der Waals surface area contributed by atoms with E-state index in [1.807, 2.05) is 0 Å². The Balaban J connectivity index is 3.10. The lowest BCUT2D eigenvalue weighted by molar-refractivity contribution is -0.141. The molecule has 0 saturated carbocycles. The molecule has 0 aromatic carbocycles. The summed E-state index contributed by atoms with van der Waals surface area (Å²) in [6.07, 6.45) is -5.23. The normalized spacial score (nSPS) is 13.8. The van der Waals surface area contributed by atoms with Crippen LogP contribution in [0, 0.1) is 13.8 Å². The quantitative estimate of drug-likeness (QED) is 0.892. The van der Waals surface area contributed by atoms with Crippen LogP contribution in [0.25, 0.3) is 0 Å². The summed E-state index contributed by atoms with van der Waals surface area (Å²) < 4.78 is 38.3. The Hall–Kier alpha value is -1.46. The van der Waals surface area contributed by atoms with Gasteiger partial charge in [0.25, 0.3) is 0 Å². The molecule has 1 atom stereocenters. The fourth-order valence-electron chi connectivity index (χ4n) is 2.10. The SMILES string of the molecule is Cc1cc(C(=O)O)c(C)n1C(C)CC(F)(F)F. The summed E-state index contributed by atoms with van der Waals surface area (Å²) in [4.78, 5) is 10.9. The number of hydrogen-bond acceptors (Lipinski definition) is 1. The average molecular weight is 249 g/mol. The molecule has 0 aliphatic rings. The van der Waals surface area contributed by atoms with E-state index in [0.29, 0.717) is 11.4 Å². The van der Waals surface area contributed by atoms with Crippen LogP contribution < -0.4 is 0 Å². The monoisotopic (exact) mass is 249 g/mol. The van der Waals surface area contributed by atoms with Gasteiger partial charge in [0.05, 0.1) is 12.0 Å². The molecule has 6 heteroatoms. The van der Waals surface area contributed by atoms with Crippen LogP contribution in [0.1, 0.15) is 41.1 Å². The van der Waals surface area contributed by atoms with E-state index < -0.39 is 24.6 Å². The van der Waals surface area contributed by atoms with Gasteiger partial charge in [0.2, 0.25) is 0 Å². The number of hydrogen-bond donors (Lipinski definition) is 1. The Kier molecular flexibility index (Phi) is 3.54. The summed E-state index contributed by atoms with van der Waals surface area (Å²) in [5, 5.41) is 8.88. The molecule has 0 aliphatic heterocycles. The van der Waals surface area contributed by atoms with Gasteiger partial charge in [-0.3, -0.25) is 0 Å². The Morgan fingerprint density at radius 2 is 2.00 bits per heavy atom. The van der Waals surface area contributed by atoms with Crippen LogP contribution in [0.3, 0.4) is 0 Å². The number of alkyl halides is 3. The van der Waals surface area contributed by atoms with Crippen molar-refractivity contribution < 1.29 is 23.1 Å². The van der Waals surface area contributed by atoms with Crippen LogP contribution in [0.5, 0.6) is 0 Å². The first-order valence-electron chi connectivity index (χ1n) is 5.12. The van der Waals surface area contributed by atoms with Gasteiger partial charge in [-0.15, -0.1) is 0 Å². The number of halogens is 3. The van der Waals surface area contributed by atoms with Gasteiger partial charge in [0.15, 0.2) is 0 Å². The van der Waals surface area contributed by atoms with Crippen LogP contribution in [-0.4, -0.2) is 21.8 Å². The Morgan fingerprint density at radius 1 is 1.47 bits per heavy atom. The second-order valence-electron chi connectivity index (χ2n) is 4.13. The predicted octanol–water partition coefficient (Wildman–Crippen LogP) is 3.32. The highest BCUT2D eigenvalue weighted by atomic mass is 19.4. The van der Waals surface area contributed by atoms with Gasteiger partial charge in [-0.1, -0.05) is 0 Å². The molecule has 0 spiro atoms. The zero-order chi connectivity index (χ0) is 13.4. The van der Waals surface area contributed by atoms with E-state index in [4.69, 9.17) is 5.11 Å². The molecule has 3 nitrogen and oxygen atoms in total. The minimum Gasteiger partial charge on any atom is -0.478 e. The van der Waals surface area contributed by atoms with Crippen molar-refractivity contribution in [1.82, 2.24) is 4.57 Å². The van der Waals surface area contributed by atoms with Crippen molar-refractivity contribution in [1.29, 1.82) is 0 Å². The molecule has 1 N–H and O–H groups in total. The largest absolute Gasteiger partial charge is 0.478 e. The molecule has 1 aromatic heterocycles. The van der Waals surface area contributed by atoms with Gasteiger partial charge >= 0.3 is 12.1 Å². The zero-order valence-electron chi connectivity index (χ0n) is 9.80. The van der Waals surface area contributed by atoms with Crippen LogP contribution in [0.4, 0.5) is 13.2 Å². The van der Waals surface area contributed by atoms with E-state index >= 15 is 0 Å². The van der Waals surface area contributed by atoms with Crippen molar-refractivity contribution in [3.63, 3.8) is 0 Å². The third-order valence-electron chi connectivity index (χ3n) is 2.68. The van der Waals surface area contributed by atoms with Gasteiger partial charge in [-0.05, 0) is 26.8 Å². The molecule has 1 unspecified atom stereocenters. The third-order valence-corrected chi connectivity index (χ3v) is 2.68. The highest BCUT2D eigenvalue weighted by Gasteiger charge is 2.32. The van der Waals surface area contributed by atoms with Crippen molar-refractivity contribution in [2.24, 2.45) is 0 Å². The number of nitrogens with zero attached hydrogens (tertiary/aromatic N) is 1. The molecule has 0 saturated heterocycles. The molecule has 0 bridgehead atoms. The second kappa shape index (κ2) is 4.43. The molecule has 0 aliphatic carbocycles. The molecule has 0 radical (unpaired) electrons. The average Bonchev–Trinajstić information content (AvgIpc) is 2.38. The van der Waals surface area contributed by atoms with Gasteiger partial charge in [0.1, 0.15) is 0 Å². The van der Waals surface area contributed by atoms with Gasteiger partial charge in [-0.25, -0.2) is 4.79 Å². The summed E-state index contributed by atoms with van der Waals surface area (Å²) in [7, 11) is 0. The summed E-state index contributed by atoms with van der Waals surface area (Å²) >= 11 is 0. The predicted molar refractivity (Wildman–Crippen MR) is 56.2 cm³/mol. The summed E-state index contributed by atoms with van der Waals surface area (Å²) in [6.45, 7) is 4.55. The summed E-state index contributed by atoms with van der Waals surface area (Å²) in [5.74, 6) is -1.12. The van der Waals surface area contributed by atoms with Gasteiger partial charge < -0.3 is 9.67 Å². The van der Waals surface area contributed by atoms with E-state index in [2.05, 4.69) is 0 Å².